The molecule has 5 nitrogen and oxygen atoms in total. The number of rotatable bonds is 3. The van der Waals surface area contributed by atoms with Gasteiger partial charge in [-0.2, -0.15) is 13.2 Å². The zero-order valence-electron chi connectivity index (χ0n) is 16.7. The Labute approximate surface area is 173 Å². The number of piperazine rings is 1. The summed E-state index contributed by atoms with van der Waals surface area (Å²) in [6.07, 6.45) is -4.01. The van der Waals surface area contributed by atoms with Crippen LogP contribution in [0.3, 0.4) is 0 Å². The minimum atomic E-state index is -4.50. The zero-order chi connectivity index (χ0) is 21.5. The number of carbonyl (C=O) groups is 1. The molecule has 2 aliphatic heterocycles. The molecule has 1 unspecified atom stereocenters. The highest BCUT2D eigenvalue weighted by molar-refractivity contribution is 5.94. The Morgan fingerprint density at radius 2 is 1.87 bits per heavy atom. The van der Waals surface area contributed by atoms with Crippen molar-refractivity contribution < 1.29 is 22.7 Å². The highest BCUT2D eigenvalue weighted by Crippen LogP contribution is 2.40. The lowest BCUT2D eigenvalue weighted by atomic mass is 9.85. The van der Waals surface area contributed by atoms with Crippen LogP contribution in [-0.2, 0) is 12.6 Å². The maximum atomic E-state index is 13.3. The van der Waals surface area contributed by atoms with Gasteiger partial charge < -0.3 is 20.3 Å². The van der Waals surface area contributed by atoms with Crippen molar-refractivity contribution in [2.24, 2.45) is 5.73 Å². The molecular weight excluding hydrogens is 395 g/mol. The van der Waals surface area contributed by atoms with E-state index in [1.807, 2.05) is 18.2 Å². The highest BCUT2D eigenvalue weighted by atomic mass is 19.4. The molecule has 2 aliphatic rings. The summed E-state index contributed by atoms with van der Waals surface area (Å²) in [5.74, 6) is -0.386. The lowest BCUT2D eigenvalue weighted by Crippen LogP contribution is -2.45. The molecular formula is C22H24F3N3O2. The molecule has 160 valence electrons. The van der Waals surface area contributed by atoms with Crippen LogP contribution in [0.2, 0.25) is 0 Å². The molecule has 1 atom stereocenters. The average molecular weight is 419 g/mol. The summed E-state index contributed by atoms with van der Waals surface area (Å²) in [6, 6.07) is 8.95. The number of fused-ring (bicyclic) bond motifs is 1. The number of ether oxygens (including phenoxy) is 1. The van der Waals surface area contributed by atoms with Gasteiger partial charge in [-0.1, -0.05) is 6.07 Å². The van der Waals surface area contributed by atoms with Crippen LogP contribution in [0.4, 0.5) is 18.9 Å². The number of halogens is 3. The number of alkyl halides is 3. The molecule has 0 saturated carbocycles. The number of carbonyl (C=O) groups excluding carboxylic acids is 1. The lowest BCUT2D eigenvalue weighted by molar-refractivity contribution is -0.137. The maximum absolute atomic E-state index is 13.3. The summed E-state index contributed by atoms with van der Waals surface area (Å²) in [5.41, 5.74) is 7.07. The quantitative estimate of drug-likeness (QED) is 0.830. The van der Waals surface area contributed by atoms with Crippen molar-refractivity contribution in [1.29, 1.82) is 0 Å². The van der Waals surface area contributed by atoms with Crippen LogP contribution in [0, 0.1) is 0 Å². The SMILES string of the molecule is CN1CCN(c2cccc3c2CC(c2cc(C(F)(F)F)ccc2C(N)=O)CO3)CC1. The van der Waals surface area contributed by atoms with E-state index >= 15 is 0 Å². The maximum Gasteiger partial charge on any atom is 0.416 e. The van der Waals surface area contributed by atoms with Crippen molar-refractivity contribution in [3.63, 3.8) is 0 Å². The van der Waals surface area contributed by atoms with E-state index in [1.165, 1.54) is 6.07 Å². The molecule has 0 radical (unpaired) electrons. The summed E-state index contributed by atoms with van der Waals surface area (Å²) < 4.78 is 45.8. The summed E-state index contributed by atoms with van der Waals surface area (Å²) in [4.78, 5) is 16.4. The molecule has 2 N–H and O–H groups in total. The van der Waals surface area contributed by atoms with Gasteiger partial charge in [0.25, 0.3) is 0 Å². The molecule has 0 aromatic heterocycles. The Morgan fingerprint density at radius 1 is 1.13 bits per heavy atom. The number of benzene rings is 2. The number of nitrogens with zero attached hydrogens (tertiary/aromatic N) is 2. The second-order valence-electron chi connectivity index (χ2n) is 7.92. The average Bonchev–Trinajstić information content (AvgIpc) is 2.72. The Morgan fingerprint density at radius 3 is 2.53 bits per heavy atom. The van der Waals surface area contributed by atoms with Crippen molar-refractivity contribution in [1.82, 2.24) is 4.90 Å². The van der Waals surface area contributed by atoms with Gasteiger partial charge >= 0.3 is 6.18 Å². The molecule has 1 saturated heterocycles. The number of amides is 1. The monoisotopic (exact) mass is 419 g/mol. The third-order valence-electron chi connectivity index (χ3n) is 5.93. The molecule has 2 aromatic rings. The summed E-state index contributed by atoms with van der Waals surface area (Å²) in [7, 11) is 2.08. The lowest BCUT2D eigenvalue weighted by Gasteiger charge is -2.37. The van der Waals surface area contributed by atoms with E-state index in [0.717, 1.165) is 55.3 Å². The van der Waals surface area contributed by atoms with Gasteiger partial charge in [0.2, 0.25) is 5.91 Å². The van der Waals surface area contributed by atoms with Crippen LogP contribution >= 0.6 is 0 Å². The minimum absolute atomic E-state index is 0.108. The fraction of sp³-hybridized carbons (Fsp3) is 0.409. The number of hydrogen-bond acceptors (Lipinski definition) is 4. The molecule has 0 spiro atoms. The van der Waals surface area contributed by atoms with E-state index in [1.54, 1.807) is 0 Å². The number of likely N-dealkylation sites (N-methyl/N-ethyl adjacent to an activating group) is 1. The molecule has 0 bridgehead atoms. The summed E-state index contributed by atoms with van der Waals surface area (Å²) in [5, 5.41) is 0. The van der Waals surface area contributed by atoms with Gasteiger partial charge in [-0.05, 0) is 49.4 Å². The van der Waals surface area contributed by atoms with Crippen LogP contribution in [0.25, 0.3) is 0 Å². The predicted octanol–water partition coefficient (Wildman–Crippen LogP) is 3.27. The van der Waals surface area contributed by atoms with Gasteiger partial charge in [0.05, 0.1) is 12.2 Å². The molecule has 2 aromatic carbocycles. The summed E-state index contributed by atoms with van der Waals surface area (Å²) in [6.45, 7) is 3.81. The van der Waals surface area contributed by atoms with E-state index in [-0.39, 0.29) is 17.7 Å². The fourth-order valence-corrected chi connectivity index (χ4v) is 4.23. The molecule has 30 heavy (non-hydrogen) atoms. The van der Waals surface area contributed by atoms with E-state index in [2.05, 4.69) is 16.8 Å². The number of primary amides is 1. The number of anilines is 1. The Kier molecular flexibility index (Phi) is 5.36. The molecule has 8 heteroatoms. The third kappa shape index (κ3) is 3.96. The Bertz CT molecular complexity index is 953. The largest absolute Gasteiger partial charge is 0.493 e. The van der Waals surface area contributed by atoms with Gasteiger partial charge in [0.1, 0.15) is 5.75 Å². The standard InChI is InChI=1S/C22H24F3N3O2/c1-27-7-9-28(10-8-27)19-3-2-4-20-18(19)11-14(13-30-20)17-12-15(22(23,24)25)5-6-16(17)21(26)29/h2-6,12,14H,7-11,13H2,1H3,(H2,26,29). The van der Waals surface area contributed by atoms with Gasteiger partial charge in [0.15, 0.2) is 0 Å². The first-order chi connectivity index (χ1) is 14.2. The van der Waals surface area contributed by atoms with Gasteiger partial charge in [0, 0.05) is 48.9 Å². The molecule has 4 rings (SSSR count). The highest BCUT2D eigenvalue weighted by Gasteiger charge is 2.34. The smallest absolute Gasteiger partial charge is 0.416 e. The number of hydrogen-bond donors (Lipinski definition) is 1. The van der Waals surface area contributed by atoms with Crippen molar-refractivity contribution in [2.45, 2.75) is 18.5 Å². The van der Waals surface area contributed by atoms with Crippen LogP contribution in [0.5, 0.6) is 5.75 Å². The third-order valence-corrected chi connectivity index (χ3v) is 5.93. The zero-order valence-corrected chi connectivity index (χ0v) is 16.7. The van der Waals surface area contributed by atoms with Gasteiger partial charge in [-0.15, -0.1) is 0 Å². The molecule has 2 heterocycles. The van der Waals surface area contributed by atoms with Gasteiger partial charge in [-0.3, -0.25) is 4.79 Å². The Balaban J connectivity index is 1.70. The van der Waals surface area contributed by atoms with Crippen LogP contribution in [0.15, 0.2) is 36.4 Å². The van der Waals surface area contributed by atoms with E-state index in [9.17, 15) is 18.0 Å². The first-order valence-electron chi connectivity index (χ1n) is 9.93. The van der Waals surface area contributed by atoms with E-state index in [0.29, 0.717) is 6.42 Å². The first kappa shape index (κ1) is 20.5. The Hall–Kier alpha value is -2.74. The van der Waals surface area contributed by atoms with Crippen molar-refractivity contribution in [3.05, 3.63) is 58.7 Å². The van der Waals surface area contributed by atoms with Crippen molar-refractivity contribution >= 4 is 11.6 Å². The second kappa shape index (κ2) is 7.83. The van der Waals surface area contributed by atoms with E-state index in [4.69, 9.17) is 10.5 Å². The topological polar surface area (TPSA) is 58.8 Å². The minimum Gasteiger partial charge on any atom is -0.493 e. The fourth-order valence-electron chi connectivity index (χ4n) is 4.23. The second-order valence-corrected chi connectivity index (χ2v) is 7.92. The van der Waals surface area contributed by atoms with Crippen LogP contribution < -0.4 is 15.4 Å². The van der Waals surface area contributed by atoms with Crippen LogP contribution in [0.1, 0.15) is 33.0 Å². The van der Waals surface area contributed by atoms with Crippen LogP contribution in [-0.4, -0.2) is 50.6 Å². The first-order valence-corrected chi connectivity index (χ1v) is 9.93. The van der Waals surface area contributed by atoms with E-state index < -0.39 is 23.6 Å². The molecule has 1 amide bonds. The van der Waals surface area contributed by atoms with Gasteiger partial charge in [-0.25, -0.2) is 0 Å². The normalized spacial score (nSPS) is 19.9. The molecule has 0 aliphatic carbocycles. The van der Waals surface area contributed by atoms with Crippen molar-refractivity contribution in [2.75, 3.05) is 44.7 Å². The predicted molar refractivity (Wildman–Crippen MR) is 108 cm³/mol. The van der Waals surface area contributed by atoms with Crippen molar-refractivity contribution in [3.8, 4) is 5.75 Å². The summed E-state index contributed by atoms with van der Waals surface area (Å²) >= 11 is 0. The number of nitrogens with two attached hydrogens (primary N) is 1. The molecule has 1 fully saturated rings.